The van der Waals surface area contributed by atoms with Gasteiger partial charge in [-0.2, -0.15) is 8.42 Å². The normalized spacial score (nSPS) is 12.5. The first-order valence-electron chi connectivity index (χ1n) is 9.11. The largest absolute Gasteiger partial charge is 0.495 e. The number of fused-ring (bicyclic) bond motifs is 1. The summed E-state index contributed by atoms with van der Waals surface area (Å²) in [6, 6.07) is 10.2. The quantitative estimate of drug-likeness (QED) is 0.506. The van der Waals surface area contributed by atoms with Crippen LogP contribution in [-0.2, 0) is 21.3 Å². The molecule has 3 aromatic rings. The van der Waals surface area contributed by atoms with Gasteiger partial charge in [-0.15, -0.1) is 4.40 Å². The predicted octanol–water partition coefficient (Wildman–Crippen LogP) is 3.35. The lowest BCUT2D eigenvalue weighted by Gasteiger charge is -2.10. The first kappa shape index (κ1) is 21.4. The van der Waals surface area contributed by atoms with E-state index in [4.69, 9.17) is 14.2 Å². The predicted molar refractivity (Wildman–Crippen MR) is 113 cm³/mol. The van der Waals surface area contributed by atoms with Gasteiger partial charge in [0, 0.05) is 13.2 Å². The average Bonchev–Trinajstić information content (AvgIpc) is 3.05. The third-order valence-electron chi connectivity index (χ3n) is 4.37. The number of nitrogens with zero attached hydrogens (tertiary/aromatic N) is 2. The van der Waals surface area contributed by atoms with E-state index in [-0.39, 0.29) is 4.90 Å². The van der Waals surface area contributed by atoms with Crippen molar-refractivity contribution in [3.8, 4) is 11.5 Å². The van der Waals surface area contributed by atoms with Gasteiger partial charge < -0.3 is 18.8 Å². The third-order valence-corrected chi connectivity index (χ3v) is 6.86. The van der Waals surface area contributed by atoms with Crippen LogP contribution in [0.5, 0.6) is 11.5 Å². The van der Waals surface area contributed by atoms with E-state index in [9.17, 15) is 8.42 Å². The summed E-state index contributed by atoms with van der Waals surface area (Å²) in [5.74, 6) is 1.24. The Balaban J connectivity index is 2.26. The lowest BCUT2D eigenvalue weighted by molar-refractivity contribution is 0.139. The number of benzene rings is 2. The van der Waals surface area contributed by atoms with E-state index in [1.54, 1.807) is 50.6 Å². The summed E-state index contributed by atoms with van der Waals surface area (Å²) in [6.45, 7) is 5.23. The van der Waals surface area contributed by atoms with Gasteiger partial charge in [0.1, 0.15) is 21.7 Å². The van der Waals surface area contributed by atoms with Gasteiger partial charge in [-0.1, -0.05) is 29.0 Å². The molecule has 0 amide bonds. The number of methoxy groups -OCH3 is 2. The van der Waals surface area contributed by atoms with Gasteiger partial charge in [0.2, 0.25) is 4.80 Å². The van der Waals surface area contributed by atoms with Crippen molar-refractivity contribution in [3.63, 3.8) is 0 Å². The molecule has 0 fully saturated rings. The van der Waals surface area contributed by atoms with Gasteiger partial charge in [0.05, 0.1) is 25.7 Å². The first-order valence-corrected chi connectivity index (χ1v) is 11.4. The number of ether oxygens (including phenoxy) is 3. The highest BCUT2D eigenvalue weighted by Crippen LogP contribution is 2.35. The number of hydrogen-bond donors (Lipinski definition) is 0. The highest BCUT2D eigenvalue weighted by molar-refractivity contribution is 7.90. The highest BCUT2D eigenvalue weighted by atomic mass is 32.2. The number of thiazole rings is 1. The van der Waals surface area contributed by atoms with E-state index in [0.29, 0.717) is 36.1 Å². The minimum atomic E-state index is -3.88. The lowest BCUT2D eigenvalue weighted by Crippen LogP contribution is -2.20. The zero-order valence-electron chi connectivity index (χ0n) is 16.8. The summed E-state index contributed by atoms with van der Waals surface area (Å²) in [6.07, 6.45) is 0. The van der Waals surface area contributed by atoms with Crippen LogP contribution in [0.25, 0.3) is 10.2 Å². The summed E-state index contributed by atoms with van der Waals surface area (Å²) in [7, 11) is -0.728. The van der Waals surface area contributed by atoms with Crippen LogP contribution in [0.2, 0.25) is 0 Å². The summed E-state index contributed by atoms with van der Waals surface area (Å²) in [5.41, 5.74) is 1.71. The maximum absolute atomic E-state index is 12.9. The molecule has 3 rings (SSSR count). The topological polar surface area (TPSA) is 79.1 Å². The van der Waals surface area contributed by atoms with Crippen molar-refractivity contribution in [1.29, 1.82) is 0 Å². The smallest absolute Gasteiger partial charge is 0.285 e. The van der Waals surface area contributed by atoms with Crippen molar-refractivity contribution in [2.24, 2.45) is 4.40 Å². The van der Waals surface area contributed by atoms with Gasteiger partial charge in [0.15, 0.2) is 0 Å². The van der Waals surface area contributed by atoms with Crippen molar-refractivity contribution in [3.05, 3.63) is 46.8 Å². The van der Waals surface area contributed by atoms with Crippen molar-refractivity contribution in [2.45, 2.75) is 25.3 Å². The molecule has 0 aliphatic rings. The Morgan fingerprint density at radius 1 is 1.03 bits per heavy atom. The number of rotatable bonds is 8. The summed E-state index contributed by atoms with van der Waals surface area (Å²) >= 11 is 1.24. The standard InChI is InChI=1S/C20H24N2O5S2/c1-5-27-13-12-22-18-16(25-3)10-11-17(26-4)19(18)28-20(22)21-29(23,24)15-8-6-14(2)7-9-15/h6-11H,5,12-13H2,1-4H3. The van der Waals surface area contributed by atoms with Gasteiger partial charge in [0.25, 0.3) is 10.0 Å². The summed E-state index contributed by atoms with van der Waals surface area (Å²) in [5, 5.41) is 0. The molecule has 1 heterocycles. The number of aromatic nitrogens is 1. The molecule has 1 aromatic heterocycles. The molecule has 0 saturated heterocycles. The van der Waals surface area contributed by atoms with E-state index in [1.165, 1.54) is 11.3 Å². The van der Waals surface area contributed by atoms with Crippen LogP contribution in [-0.4, -0.2) is 40.4 Å². The zero-order valence-corrected chi connectivity index (χ0v) is 18.5. The fourth-order valence-electron chi connectivity index (χ4n) is 2.90. The van der Waals surface area contributed by atoms with Crippen LogP contribution in [0.3, 0.4) is 0 Å². The molecule has 0 aliphatic heterocycles. The minimum absolute atomic E-state index is 0.149. The lowest BCUT2D eigenvalue weighted by atomic mass is 10.2. The zero-order chi connectivity index (χ0) is 21.0. The monoisotopic (exact) mass is 436 g/mol. The Hall–Kier alpha value is -2.36. The molecule has 156 valence electrons. The van der Waals surface area contributed by atoms with Gasteiger partial charge in [-0.25, -0.2) is 0 Å². The molecule has 0 N–H and O–H groups in total. The number of hydrogen-bond acceptors (Lipinski definition) is 6. The SMILES string of the molecule is CCOCCn1c(=NS(=O)(=O)c2ccc(C)cc2)sc2c(OC)ccc(OC)c21. The Kier molecular flexibility index (Phi) is 6.61. The van der Waals surface area contributed by atoms with Crippen LogP contribution in [0, 0.1) is 6.92 Å². The molecular formula is C20H24N2O5S2. The van der Waals surface area contributed by atoms with Gasteiger partial charge in [-0.05, 0) is 38.1 Å². The van der Waals surface area contributed by atoms with Crippen molar-refractivity contribution in [2.75, 3.05) is 27.4 Å². The molecule has 0 aliphatic carbocycles. The van der Waals surface area contributed by atoms with Crippen LogP contribution in [0.15, 0.2) is 45.7 Å². The summed E-state index contributed by atoms with van der Waals surface area (Å²) in [4.78, 5) is 0.485. The average molecular weight is 437 g/mol. The molecule has 9 heteroatoms. The number of aryl methyl sites for hydroxylation is 1. The fourth-order valence-corrected chi connectivity index (χ4v) is 5.27. The van der Waals surface area contributed by atoms with Crippen LogP contribution in [0.1, 0.15) is 12.5 Å². The molecule has 0 bridgehead atoms. The summed E-state index contributed by atoms with van der Waals surface area (Å²) < 4.78 is 49.0. The van der Waals surface area contributed by atoms with Crippen molar-refractivity contribution in [1.82, 2.24) is 4.57 Å². The van der Waals surface area contributed by atoms with E-state index in [1.807, 2.05) is 18.4 Å². The molecule has 0 saturated carbocycles. The molecule has 0 spiro atoms. The fraction of sp³-hybridized carbons (Fsp3) is 0.350. The minimum Gasteiger partial charge on any atom is -0.495 e. The Bertz CT molecular complexity index is 1160. The maximum atomic E-state index is 12.9. The highest BCUT2D eigenvalue weighted by Gasteiger charge is 2.19. The Morgan fingerprint density at radius 2 is 1.69 bits per heavy atom. The van der Waals surface area contributed by atoms with Gasteiger partial charge in [-0.3, -0.25) is 0 Å². The molecular weight excluding hydrogens is 412 g/mol. The second kappa shape index (κ2) is 8.98. The number of sulfonamides is 1. The van der Waals surface area contributed by atoms with Crippen LogP contribution >= 0.6 is 11.3 Å². The maximum Gasteiger partial charge on any atom is 0.285 e. The van der Waals surface area contributed by atoms with Crippen molar-refractivity contribution < 1.29 is 22.6 Å². The third kappa shape index (κ3) is 4.47. The van der Waals surface area contributed by atoms with E-state index in [2.05, 4.69) is 4.40 Å². The molecule has 2 aromatic carbocycles. The van der Waals surface area contributed by atoms with Crippen molar-refractivity contribution >= 4 is 31.6 Å². The second-order valence-corrected chi connectivity index (χ2v) is 8.84. The second-order valence-electron chi connectivity index (χ2n) is 6.26. The van der Waals surface area contributed by atoms with Gasteiger partial charge >= 0.3 is 0 Å². The molecule has 29 heavy (non-hydrogen) atoms. The molecule has 0 radical (unpaired) electrons. The molecule has 7 nitrogen and oxygen atoms in total. The van der Waals surface area contributed by atoms with E-state index < -0.39 is 10.0 Å². The molecule has 0 atom stereocenters. The molecule has 0 unspecified atom stereocenters. The van der Waals surface area contributed by atoms with Crippen LogP contribution < -0.4 is 14.3 Å². The van der Waals surface area contributed by atoms with E-state index >= 15 is 0 Å². The first-order chi connectivity index (χ1) is 13.9. The van der Waals surface area contributed by atoms with E-state index in [0.717, 1.165) is 15.8 Å². The van der Waals surface area contributed by atoms with Crippen LogP contribution in [0.4, 0.5) is 0 Å². The Morgan fingerprint density at radius 3 is 2.31 bits per heavy atom. The Labute approximate surface area is 174 Å².